The van der Waals surface area contributed by atoms with Crippen LogP contribution in [0.25, 0.3) is 0 Å². The number of piperazine rings is 1. The van der Waals surface area contributed by atoms with E-state index in [-0.39, 0.29) is 12.6 Å². The Hall–Kier alpha value is -2.21. The summed E-state index contributed by atoms with van der Waals surface area (Å²) in [4.78, 5) is 15.6. The Labute approximate surface area is 155 Å². The Kier molecular flexibility index (Phi) is 6.77. The lowest BCUT2D eigenvalue weighted by atomic mass is 9.96. The lowest BCUT2D eigenvalue weighted by Crippen LogP contribution is -2.48. The summed E-state index contributed by atoms with van der Waals surface area (Å²) >= 11 is 0. The average Bonchev–Trinajstić information content (AvgIpc) is 2.68. The first-order valence-corrected chi connectivity index (χ1v) is 9.16. The molecule has 0 spiro atoms. The van der Waals surface area contributed by atoms with Crippen molar-refractivity contribution in [2.75, 3.05) is 45.9 Å². The Bertz CT molecular complexity index is 631. The van der Waals surface area contributed by atoms with Crippen LogP contribution in [0.3, 0.4) is 0 Å². The molecule has 0 unspecified atom stereocenters. The molecule has 0 aromatic heterocycles. The smallest absolute Gasteiger partial charge is 0.243 e. The number of nitrogens with two attached hydrogens (primary N) is 1. The highest BCUT2D eigenvalue weighted by molar-refractivity contribution is 5.74. The van der Waals surface area contributed by atoms with Crippen LogP contribution in [0.5, 0.6) is 0 Å². The van der Waals surface area contributed by atoms with Crippen LogP contribution >= 0.6 is 0 Å². The van der Waals surface area contributed by atoms with Crippen LogP contribution in [0, 0.1) is 0 Å². The minimum atomic E-state index is -0.414. The maximum absolute atomic E-state index is 10.7. The SMILES string of the molecule is NC(=O)COCCN1CCN(C(c2ccccc2)c2ccccc2)CC1. The van der Waals surface area contributed by atoms with Crippen molar-refractivity contribution in [2.24, 2.45) is 5.73 Å². The highest BCUT2D eigenvalue weighted by Crippen LogP contribution is 2.29. The molecule has 1 amide bonds. The van der Waals surface area contributed by atoms with Gasteiger partial charge < -0.3 is 10.5 Å². The summed E-state index contributed by atoms with van der Waals surface area (Å²) in [6.07, 6.45) is 0. The van der Waals surface area contributed by atoms with Gasteiger partial charge in [-0.25, -0.2) is 0 Å². The third-order valence-electron chi connectivity index (χ3n) is 4.80. The molecule has 3 rings (SSSR count). The molecular formula is C21H27N3O2. The zero-order chi connectivity index (χ0) is 18.2. The Morgan fingerprint density at radius 3 is 1.96 bits per heavy atom. The first-order valence-electron chi connectivity index (χ1n) is 9.16. The van der Waals surface area contributed by atoms with E-state index in [1.165, 1.54) is 11.1 Å². The van der Waals surface area contributed by atoms with E-state index in [0.29, 0.717) is 6.61 Å². The summed E-state index contributed by atoms with van der Waals surface area (Å²) in [7, 11) is 0. The van der Waals surface area contributed by atoms with Gasteiger partial charge in [0, 0.05) is 32.7 Å². The summed E-state index contributed by atoms with van der Waals surface area (Å²) in [6.45, 7) is 5.39. The predicted octanol–water partition coefficient (Wildman–Crippen LogP) is 1.90. The van der Waals surface area contributed by atoms with Crippen LogP contribution in [0.1, 0.15) is 17.2 Å². The van der Waals surface area contributed by atoms with E-state index in [4.69, 9.17) is 10.5 Å². The minimum absolute atomic E-state index is 0.00402. The molecule has 2 aromatic carbocycles. The van der Waals surface area contributed by atoms with Crippen LogP contribution < -0.4 is 5.73 Å². The Balaban J connectivity index is 1.60. The number of primary amides is 1. The molecule has 0 saturated carbocycles. The van der Waals surface area contributed by atoms with Gasteiger partial charge in [-0.05, 0) is 11.1 Å². The molecule has 5 heteroatoms. The number of carbonyl (C=O) groups excluding carboxylic acids is 1. The van der Waals surface area contributed by atoms with Crippen LogP contribution in [0.4, 0.5) is 0 Å². The largest absolute Gasteiger partial charge is 0.370 e. The quantitative estimate of drug-likeness (QED) is 0.737. The van der Waals surface area contributed by atoms with Gasteiger partial charge in [-0.3, -0.25) is 14.6 Å². The zero-order valence-electron chi connectivity index (χ0n) is 15.1. The van der Waals surface area contributed by atoms with Crippen molar-refractivity contribution in [1.82, 2.24) is 9.80 Å². The molecule has 0 radical (unpaired) electrons. The lowest BCUT2D eigenvalue weighted by Gasteiger charge is -2.39. The van der Waals surface area contributed by atoms with Crippen LogP contribution in [0.2, 0.25) is 0 Å². The second-order valence-corrected chi connectivity index (χ2v) is 6.62. The summed E-state index contributed by atoms with van der Waals surface area (Å²) in [5.41, 5.74) is 7.75. The van der Waals surface area contributed by atoms with Crippen molar-refractivity contribution in [2.45, 2.75) is 6.04 Å². The van der Waals surface area contributed by atoms with E-state index < -0.39 is 5.91 Å². The van der Waals surface area contributed by atoms with E-state index in [0.717, 1.165) is 32.7 Å². The molecule has 0 atom stereocenters. The molecule has 1 heterocycles. The molecule has 0 aliphatic carbocycles. The number of hydrogen-bond acceptors (Lipinski definition) is 4. The first kappa shape index (κ1) is 18.6. The number of amides is 1. The normalized spacial score (nSPS) is 16.0. The number of carbonyl (C=O) groups is 1. The molecule has 2 aromatic rings. The van der Waals surface area contributed by atoms with Crippen molar-refractivity contribution in [3.05, 3.63) is 71.8 Å². The third-order valence-corrected chi connectivity index (χ3v) is 4.80. The van der Waals surface area contributed by atoms with Gasteiger partial charge in [0.2, 0.25) is 5.91 Å². The van der Waals surface area contributed by atoms with E-state index in [2.05, 4.69) is 70.5 Å². The number of ether oxygens (including phenoxy) is 1. The Morgan fingerprint density at radius 2 is 1.46 bits per heavy atom. The summed E-state index contributed by atoms with van der Waals surface area (Å²) in [5.74, 6) is -0.414. The fourth-order valence-corrected chi connectivity index (χ4v) is 3.50. The van der Waals surface area contributed by atoms with Gasteiger partial charge in [0.05, 0.1) is 12.6 Å². The lowest BCUT2D eigenvalue weighted by molar-refractivity contribution is -0.122. The fourth-order valence-electron chi connectivity index (χ4n) is 3.50. The molecule has 1 aliphatic rings. The fraction of sp³-hybridized carbons (Fsp3) is 0.381. The van der Waals surface area contributed by atoms with Gasteiger partial charge in [0.25, 0.3) is 0 Å². The monoisotopic (exact) mass is 353 g/mol. The topological polar surface area (TPSA) is 58.8 Å². The highest BCUT2D eigenvalue weighted by Gasteiger charge is 2.26. The van der Waals surface area contributed by atoms with Crippen LogP contribution in [0.15, 0.2) is 60.7 Å². The van der Waals surface area contributed by atoms with Crippen molar-refractivity contribution < 1.29 is 9.53 Å². The second-order valence-electron chi connectivity index (χ2n) is 6.62. The van der Waals surface area contributed by atoms with E-state index in [1.807, 2.05) is 0 Å². The van der Waals surface area contributed by atoms with Crippen molar-refractivity contribution in [3.63, 3.8) is 0 Å². The molecule has 1 aliphatic heterocycles. The standard InChI is InChI=1S/C21H27N3O2/c22-20(25)17-26-16-15-23-11-13-24(14-12-23)21(18-7-3-1-4-8-18)19-9-5-2-6-10-19/h1-10,21H,11-17H2,(H2,22,25). The first-order chi connectivity index (χ1) is 12.7. The minimum Gasteiger partial charge on any atom is -0.370 e. The molecule has 5 nitrogen and oxygen atoms in total. The molecule has 26 heavy (non-hydrogen) atoms. The van der Waals surface area contributed by atoms with Gasteiger partial charge in [-0.2, -0.15) is 0 Å². The molecule has 2 N–H and O–H groups in total. The van der Waals surface area contributed by atoms with Crippen molar-refractivity contribution in [1.29, 1.82) is 0 Å². The number of rotatable bonds is 8. The number of hydrogen-bond donors (Lipinski definition) is 1. The maximum atomic E-state index is 10.7. The van der Waals surface area contributed by atoms with Gasteiger partial charge in [0.1, 0.15) is 6.61 Å². The number of nitrogens with zero attached hydrogens (tertiary/aromatic N) is 2. The molecule has 138 valence electrons. The summed E-state index contributed by atoms with van der Waals surface area (Å²) in [6, 6.07) is 21.7. The molecular weight excluding hydrogens is 326 g/mol. The van der Waals surface area contributed by atoms with E-state index in [1.54, 1.807) is 0 Å². The van der Waals surface area contributed by atoms with Gasteiger partial charge in [-0.1, -0.05) is 60.7 Å². The highest BCUT2D eigenvalue weighted by atomic mass is 16.5. The van der Waals surface area contributed by atoms with Gasteiger partial charge in [-0.15, -0.1) is 0 Å². The van der Waals surface area contributed by atoms with Crippen molar-refractivity contribution >= 4 is 5.91 Å². The van der Waals surface area contributed by atoms with E-state index >= 15 is 0 Å². The number of benzene rings is 2. The van der Waals surface area contributed by atoms with Crippen molar-refractivity contribution in [3.8, 4) is 0 Å². The summed E-state index contributed by atoms with van der Waals surface area (Å²) < 4.78 is 5.28. The average molecular weight is 353 g/mol. The van der Waals surface area contributed by atoms with Gasteiger partial charge >= 0.3 is 0 Å². The third kappa shape index (κ3) is 5.14. The summed E-state index contributed by atoms with van der Waals surface area (Å²) in [5, 5.41) is 0. The zero-order valence-corrected chi connectivity index (χ0v) is 15.1. The molecule has 1 saturated heterocycles. The second kappa shape index (κ2) is 9.48. The molecule has 1 fully saturated rings. The van der Waals surface area contributed by atoms with Gasteiger partial charge in [0.15, 0.2) is 0 Å². The maximum Gasteiger partial charge on any atom is 0.243 e. The predicted molar refractivity (Wildman–Crippen MR) is 103 cm³/mol. The Morgan fingerprint density at radius 1 is 0.923 bits per heavy atom. The van der Waals surface area contributed by atoms with Crippen LogP contribution in [-0.2, 0) is 9.53 Å². The van der Waals surface area contributed by atoms with E-state index in [9.17, 15) is 4.79 Å². The van der Waals surface area contributed by atoms with Crippen LogP contribution in [-0.4, -0.2) is 61.6 Å². The molecule has 0 bridgehead atoms.